The second-order valence-corrected chi connectivity index (χ2v) is 4.93. The second-order valence-electron chi connectivity index (χ2n) is 4.93. The van der Waals surface area contributed by atoms with E-state index >= 15 is 0 Å². The van der Waals surface area contributed by atoms with Crippen molar-refractivity contribution in [3.63, 3.8) is 0 Å². The topological polar surface area (TPSA) is 53.7 Å². The van der Waals surface area contributed by atoms with Gasteiger partial charge in [0.05, 0.1) is 19.8 Å². The molecule has 1 aliphatic heterocycles. The van der Waals surface area contributed by atoms with E-state index in [4.69, 9.17) is 19.9 Å². The molecule has 1 heterocycles. The van der Waals surface area contributed by atoms with Crippen LogP contribution in [0.2, 0.25) is 0 Å². The van der Waals surface area contributed by atoms with Crippen LogP contribution in [0, 0.1) is 0 Å². The highest BCUT2D eigenvalue weighted by Gasteiger charge is 2.52. The van der Waals surface area contributed by atoms with Crippen LogP contribution in [0.15, 0.2) is 30.3 Å². The van der Waals surface area contributed by atoms with Crippen molar-refractivity contribution in [3.05, 3.63) is 35.9 Å². The van der Waals surface area contributed by atoms with Crippen LogP contribution in [-0.4, -0.2) is 31.1 Å². The van der Waals surface area contributed by atoms with Crippen molar-refractivity contribution in [2.24, 2.45) is 5.73 Å². The number of benzene rings is 1. The van der Waals surface area contributed by atoms with E-state index in [9.17, 15) is 0 Å². The van der Waals surface area contributed by atoms with Gasteiger partial charge in [0.1, 0.15) is 6.10 Å². The van der Waals surface area contributed by atoms with Crippen LogP contribution in [0.1, 0.15) is 18.4 Å². The largest absolute Gasteiger partial charge is 0.366 e. The van der Waals surface area contributed by atoms with E-state index in [2.05, 4.69) is 0 Å². The first kappa shape index (κ1) is 12.1. The summed E-state index contributed by atoms with van der Waals surface area (Å²) in [5.74, 6) is -0.589. The zero-order valence-electron chi connectivity index (χ0n) is 10.4. The van der Waals surface area contributed by atoms with Crippen molar-refractivity contribution < 1.29 is 14.2 Å². The van der Waals surface area contributed by atoms with Crippen LogP contribution in [0.5, 0.6) is 0 Å². The first-order valence-electron chi connectivity index (χ1n) is 6.49. The lowest BCUT2D eigenvalue weighted by molar-refractivity contribution is -0.223. The molecule has 0 unspecified atom stereocenters. The van der Waals surface area contributed by atoms with E-state index in [-0.39, 0.29) is 12.1 Å². The van der Waals surface area contributed by atoms with Gasteiger partial charge in [-0.1, -0.05) is 30.3 Å². The predicted molar refractivity (Wildman–Crippen MR) is 66.9 cm³/mol. The maximum Gasteiger partial charge on any atom is 0.196 e. The maximum atomic E-state index is 6.11. The minimum Gasteiger partial charge on any atom is -0.366 e. The lowest BCUT2D eigenvalue weighted by Gasteiger charge is -2.30. The number of ether oxygens (including phenoxy) is 3. The molecule has 2 N–H and O–H groups in total. The molecule has 4 heteroatoms. The van der Waals surface area contributed by atoms with Crippen molar-refractivity contribution in [2.75, 3.05) is 13.2 Å². The SMILES string of the molecule is N[C@H]1CCC2(OCCO2)[C@@H]1OCc1ccccc1. The molecular formula is C14H19NO3. The first-order chi connectivity index (χ1) is 8.80. The van der Waals surface area contributed by atoms with Gasteiger partial charge >= 0.3 is 0 Å². The summed E-state index contributed by atoms with van der Waals surface area (Å²) in [4.78, 5) is 0. The van der Waals surface area contributed by atoms with Crippen LogP contribution < -0.4 is 5.73 Å². The summed E-state index contributed by atoms with van der Waals surface area (Å²) in [6, 6.07) is 10.1. The number of hydrogen-bond donors (Lipinski definition) is 1. The summed E-state index contributed by atoms with van der Waals surface area (Å²) in [6.45, 7) is 1.82. The minimum atomic E-state index is -0.589. The van der Waals surface area contributed by atoms with E-state index in [0.29, 0.717) is 19.8 Å². The molecule has 2 atom stereocenters. The Kier molecular flexibility index (Phi) is 3.35. The predicted octanol–water partition coefficient (Wildman–Crippen LogP) is 1.44. The Morgan fingerprint density at radius 3 is 2.67 bits per heavy atom. The summed E-state index contributed by atoms with van der Waals surface area (Å²) in [7, 11) is 0. The average Bonchev–Trinajstić information content (AvgIpc) is 2.99. The molecule has 1 spiro atoms. The number of nitrogens with two attached hydrogens (primary N) is 1. The molecule has 0 bridgehead atoms. The summed E-state index contributed by atoms with van der Waals surface area (Å²) in [5, 5.41) is 0. The molecule has 3 rings (SSSR count). The van der Waals surface area contributed by atoms with Crippen molar-refractivity contribution in [2.45, 2.75) is 37.4 Å². The van der Waals surface area contributed by atoms with E-state index in [0.717, 1.165) is 18.4 Å². The van der Waals surface area contributed by atoms with Gasteiger partial charge in [-0.3, -0.25) is 0 Å². The third-order valence-corrected chi connectivity index (χ3v) is 3.70. The molecule has 1 aromatic carbocycles. The van der Waals surface area contributed by atoms with Gasteiger partial charge in [0, 0.05) is 12.5 Å². The van der Waals surface area contributed by atoms with Gasteiger partial charge in [0.15, 0.2) is 5.79 Å². The summed E-state index contributed by atoms with van der Waals surface area (Å²) >= 11 is 0. The summed E-state index contributed by atoms with van der Waals surface area (Å²) < 4.78 is 17.5. The van der Waals surface area contributed by atoms with Crippen LogP contribution in [0.3, 0.4) is 0 Å². The van der Waals surface area contributed by atoms with Crippen LogP contribution in [-0.2, 0) is 20.8 Å². The maximum absolute atomic E-state index is 6.11. The fourth-order valence-electron chi connectivity index (χ4n) is 2.78. The van der Waals surface area contributed by atoms with Crippen molar-refractivity contribution in [1.82, 2.24) is 0 Å². The zero-order valence-corrected chi connectivity index (χ0v) is 10.4. The van der Waals surface area contributed by atoms with E-state index in [1.54, 1.807) is 0 Å². The van der Waals surface area contributed by atoms with Gasteiger partial charge in [-0.15, -0.1) is 0 Å². The third kappa shape index (κ3) is 2.17. The van der Waals surface area contributed by atoms with Crippen LogP contribution in [0.25, 0.3) is 0 Å². The molecule has 0 aromatic heterocycles. The molecule has 18 heavy (non-hydrogen) atoms. The average molecular weight is 249 g/mol. The monoisotopic (exact) mass is 249 g/mol. The minimum absolute atomic E-state index is 0.00758. The molecule has 98 valence electrons. The standard InChI is InChI=1S/C14H19NO3/c15-12-6-7-14(17-8-9-18-14)13(12)16-10-11-4-2-1-3-5-11/h1-5,12-13H,6-10,15H2/t12-,13+/m0/s1. The Hall–Kier alpha value is -0.940. The first-order valence-corrected chi connectivity index (χ1v) is 6.49. The van der Waals surface area contributed by atoms with Gasteiger partial charge in [0.2, 0.25) is 0 Å². The van der Waals surface area contributed by atoms with Gasteiger partial charge < -0.3 is 19.9 Å². The van der Waals surface area contributed by atoms with Crippen molar-refractivity contribution in [1.29, 1.82) is 0 Å². The van der Waals surface area contributed by atoms with Crippen LogP contribution >= 0.6 is 0 Å². The Balaban J connectivity index is 1.67. The Morgan fingerprint density at radius 1 is 1.22 bits per heavy atom. The lowest BCUT2D eigenvalue weighted by Crippen LogP contribution is -2.47. The fraction of sp³-hybridized carbons (Fsp3) is 0.571. The zero-order chi connectivity index (χ0) is 12.4. The Bertz CT molecular complexity index is 389. The lowest BCUT2D eigenvalue weighted by atomic mass is 10.1. The van der Waals surface area contributed by atoms with Gasteiger partial charge in [-0.2, -0.15) is 0 Å². The molecule has 2 aliphatic rings. The van der Waals surface area contributed by atoms with Gasteiger partial charge in [0.25, 0.3) is 0 Å². The highest BCUT2D eigenvalue weighted by atomic mass is 16.8. The molecule has 4 nitrogen and oxygen atoms in total. The molecule has 0 amide bonds. The Labute approximate surface area is 107 Å². The van der Waals surface area contributed by atoms with Gasteiger partial charge in [-0.05, 0) is 12.0 Å². The summed E-state index contributed by atoms with van der Waals surface area (Å²) in [5.41, 5.74) is 7.26. The van der Waals surface area contributed by atoms with Gasteiger partial charge in [-0.25, -0.2) is 0 Å². The third-order valence-electron chi connectivity index (χ3n) is 3.70. The fourth-order valence-corrected chi connectivity index (χ4v) is 2.78. The van der Waals surface area contributed by atoms with Crippen molar-refractivity contribution >= 4 is 0 Å². The molecule has 1 aromatic rings. The quantitative estimate of drug-likeness (QED) is 0.880. The van der Waals surface area contributed by atoms with Crippen molar-refractivity contribution in [3.8, 4) is 0 Å². The van der Waals surface area contributed by atoms with E-state index < -0.39 is 5.79 Å². The smallest absolute Gasteiger partial charge is 0.196 e. The molecule has 1 aliphatic carbocycles. The molecule has 0 radical (unpaired) electrons. The molecular weight excluding hydrogens is 230 g/mol. The molecule has 2 fully saturated rings. The Morgan fingerprint density at radius 2 is 1.94 bits per heavy atom. The highest BCUT2D eigenvalue weighted by Crippen LogP contribution is 2.39. The summed E-state index contributed by atoms with van der Waals surface area (Å²) in [6.07, 6.45) is 1.55. The highest BCUT2D eigenvalue weighted by molar-refractivity contribution is 5.13. The molecule has 1 saturated carbocycles. The number of rotatable bonds is 3. The van der Waals surface area contributed by atoms with Crippen LogP contribution in [0.4, 0.5) is 0 Å². The second kappa shape index (κ2) is 4.97. The van der Waals surface area contributed by atoms with E-state index in [1.165, 1.54) is 0 Å². The number of hydrogen-bond acceptors (Lipinski definition) is 4. The normalized spacial score (nSPS) is 30.1. The molecule has 1 saturated heterocycles. The van der Waals surface area contributed by atoms with E-state index in [1.807, 2.05) is 30.3 Å².